The van der Waals surface area contributed by atoms with Crippen LogP contribution in [0.4, 0.5) is 11.4 Å². The number of anilines is 2. The summed E-state index contributed by atoms with van der Waals surface area (Å²) in [5, 5.41) is 2.71. The van der Waals surface area contributed by atoms with E-state index in [1.54, 1.807) is 12.1 Å². The molecule has 10 heavy (non-hydrogen) atoms. The highest BCUT2D eigenvalue weighted by Gasteiger charge is 1.85. The summed E-state index contributed by atoms with van der Waals surface area (Å²) in [6.07, 6.45) is 5.01. The van der Waals surface area contributed by atoms with Gasteiger partial charge in [0.25, 0.3) is 0 Å². The number of nitrogens with one attached hydrogen (secondary N) is 1. The molecule has 2 nitrogen and oxygen atoms in total. The number of hydrogen-bond acceptors (Lipinski definition) is 2. The van der Waals surface area contributed by atoms with Crippen LogP contribution < -0.4 is 11.1 Å². The predicted octanol–water partition coefficient (Wildman–Crippen LogP) is 1.27. The largest absolute Gasteiger partial charge is 0.399 e. The molecule has 0 heterocycles. The molecule has 0 atom stereocenters. The quantitative estimate of drug-likeness (QED) is 0.343. The molecule has 0 aliphatic carbocycles. The normalized spacial score (nSPS) is 8.30. The van der Waals surface area contributed by atoms with E-state index in [0.717, 1.165) is 11.4 Å². The minimum atomic E-state index is 0.738. The summed E-state index contributed by atoms with van der Waals surface area (Å²) < 4.78 is 0. The van der Waals surface area contributed by atoms with E-state index >= 15 is 0 Å². The smallest absolute Gasteiger partial charge is 0.0460 e. The number of benzene rings is 1. The number of nitrogens with two attached hydrogens (primary N) is 1. The molecule has 0 aliphatic heterocycles. The van der Waals surface area contributed by atoms with Crippen LogP contribution in [0.1, 0.15) is 0 Å². The zero-order valence-electron chi connectivity index (χ0n) is 5.46. The first-order valence-corrected chi connectivity index (χ1v) is 2.90. The molecule has 0 bridgehead atoms. The van der Waals surface area contributed by atoms with Crippen LogP contribution in [-0.4, -0.2) is 0 Å². The molecule has 3 N–H and O–H groups in total. The molecular weight excluding hydrogens is 124 g/mol. The van der Waals surface area contributed by atoms with Crippen molar-refractivity contribution in [1.29, 1.82) is 0 Å². The molecule has 0 amide bonds. The van der Waals surface area contributed by atoms with Crippen molar-refractivity contribution in [2.24, 2.45) is 0 Å². The van der Waals surface area contributed by atoms with E-state index < -0.39 is 0 Å². The monoisotopic (exact) mass is 132 g/mol. The predicted molar refractivity (Wildman–Crippen MR) is 43.3 cm³/mol. The number of rotatable bonds is 1. The first-order chi connectivity index (χ1) is 4.83. The third-order valence-electron chi connectivity index (χ3n) is 1.13. The topological polar surface area (TPSA) is 38.0 Å². The fourth-order valence-electron chi connectivity index (χ4n) is 0.650. The van der Waals surface area contributed by atoms with Gasteiger partial charge in [-0.25, -0.2) is 0 Å². The van der Waals surface area contributed by atoms with Crippen LogP contribution in [0.2, 0.25) is 0 Å². The molecule has 2 heteroatoms. The van der Waals surface area contributed by atoms with Gasteiger partial charge in [-0.3, -0.25) is 0 Å². The Morgan fingerprint density at radius 2 is 1.90 bits per heavy atom. The van der Waals surface area contributed by atoms with Crippen molar-refractivity contribution in [2.45, 2.75) is 0 Å². The summed E-state index contributed by atoms with van der Waals surface area (Å²) in [4.78, 5) is 0. The molecule has 1 aromatic rings. The van der Waals surface area contributed by atoms with Crippen LogP contribution >= 0.6 is 0 Å². The molecule has 0 spiro atoms. The Bertz CT molecular complexity index is 243. The van der Waals surface area contributed by atoms with E-state index in [1.165, 1.54) is 0 Å². The number of terminal acetylenes is 1. The van der Waals surface area contributed by atoms with E-state index in [9.17, 15) is 0 Å². The van der Waals surface area contributed by atoms with Crippen LogP contribution in [0, 0.1) is 12.5 Å². The lowest BCUT2D eigenvalue weighted by Gasteiger charge is -1.96. The maximum Gasteiger partial charge on any atom is 0.0460 e. The third-order valence-corrected chi connectivity index (χ3v) is 1.13. The average molecular weight is 132 g/mol. The lowest BCUT2D eigenvalue weighted by atomic mass is 10.3. The maximum atomic E-state index is 5.44. The zero-order valence-corrected chi connectivity index (χ0v) is 5.46. The van der Waals surface area contributed by atoms with Crippen molar-refractivity contribution < 1.29 is 0 Å². The van der Waals surface area contributed by atoms with Crippen molar-refractivity contribution in [3.05, 3.63) is 24.3 Å². The molecule has 0 fully saturated rings. The van der Waals surface area contributed by atoms with Gasteiger partial charge in [0.2, 0.25) is 0 Å². The second kappa shape index (κ2) is 2.79. The van der Waals surface area contributed by atoms with Crippen LogP contribution in [0.5, 0.6) is 0 Å². The minimum Gasteiger partial charge on any atom is -0.399 e. The maximum absolute atomic E-state index is 5.44. The van der Waals surface area contributed by atoms with Crippen LogP contribution in [0.25, 0.3) is 0 Å². The summed E-state index contributed by atoms with van der Waals surface area (Å²) in [6, 6.07) is 9.55. The van der Waals surface area contributed by atoms with Crippen LogP contribution in [0.15, 0.2) is 24.3 Å². The minimum absolute atomic E-state index is 0.738. The van der Waals surface area contributed by atoms with E-state index in [1.807, 2.05) is 12.1 Å². The second-order valence-electron chi connectivity index (χ2n) is 1.89. The summed E-state index contributed by atoms with van der Waals surface area (Å²) in [7, 11) is 0. The summed E-state index contributed by atoms with van der Waals surface area (Å²) >= 11 is 0. The molecule has 1 rings (SSSR count). The Kier molecular flexibility index (Phi) is 1.81. The van der Waals surface area contributed by atoms with Crippen molar-refractivity contribution in [1.82, 2.24) is 0 Å². The first kappa shape index (κ1) is 6.50. The molecule has 1 aromatic carbocycles. The van der Waals surface area contributed by atoms with Crippen molar-refractivity contribution >= 4 is 11.4 Å². The summed E-state index contributed by atoms with van der Waals surface area (Å²) in [5.74, 6) is 0. The molecule has 0 saturated heterocycles. The third kappa shape index (κ3) is 1.43. The fraction of sp³-hybridized carbons (Fsp3) is 0. The molecule has 0 aliphatic rings. The first-order valence-electron chi connectivity index (χ1n) is 2.90. The Balaban J connectivity index is 2.81. The standard InChI is InChI=1S/C8H8N2/c1-2-10-8-5-3-7(9)4-6-8/h1,3-6,10H,9H2. The Morgan fingerprint density at radius 3 is 2.40 bits per heavy atom. The SMILES string of the molecule is C#CNc1ccc(N)cc1. The van der Waals surface area contributed by atoms with Gasteiger partial charge in [0.05, 0.1) is 0 Å². The zero-order chi connectivity index (χ0) is 7.40. The van der Waals surface area contributed by atoms with Crippen molar-refractivity contribution in [3.8, 4) is 12.5 Å². The lowest BCUT2D eigenvalue weighted by molar-refractivity contribution is 1.62. The molecule has 0 aromatic heterocycles. The van der Waals surface area contributed by atoms with Gasteiger partial charge in [0.1, 0.15) is 0 Å². The highest BCUT2D eigenvalue weighted by atomic mass is 14.8. The van der Waals surface area contributed by atoms with Gasteiger partial charge in [0, 0.05) is 17.4 Å². The lowest BCUT2D eigenvalue weighted by Crippen LogP contribution is -1.88. The highest BCUT2D eigenvalue weighted by molar-refractivity contribution is 5.53. The van der Waals surface area contributed by atoms with E-state index in [4.69, 9.17) is 12.2 Å². The Morgan fingerprint density at radius 1 is 1.30 bits per heavy atom. The average Bonchev–Trinajstić information content (AvgIpc) is 1.95. The Hall–Kier alpha value is -1.62. The van der Waals surface area contributed by atoms with Gasteiger partial charge in [-0.15, -0.1) is 0 Å². The van der Waals surface area contributed by atoms with Gasteiger partial charge in [0.15, 0.2) is 0 Å². The fourth-order valence-corrected chi connectivity index (χ4v) is 0.650. The van der Waals surface area contributed by atoms with Gasteiger partial charge in [-0.1, -0.05) is 6.42 Å². The van der Waals surface area contributed by atoms with Crippen LogP contribution in [0.3, 0.4) is 0 Å². The van der Waals surface area contributed by atoms with Gasteiger partial charge >= 0.3 is 0 Å². The van der Waals surface area contributed by atoms with E-state index in [-0.39, 0.29) is 0 Å². The molecule has 0 radical (unpaired) electrons. The van der Waals surface area contributed by atoms with Gasteiger partial charge in [-0.2, -0.15) is 0 Å². The highest BCUT2D eigenvalue weighted by Crippen LogP contribution is 2.08. The van der Waals surface area contributed by atoms with Gasteiger partial charge < -0.3 is 11.1 Å². The number of nitrogen functional groups attached to an aromatic ring is 1. The summed E-state index contributed by atoms with van der Waals surface area (Å²) in [5.41, 5.74) is 7.07. The molecule has 0 saturated carbocycles. The molecule has 0 unspecified atom stereocenters. The Labute approximate surface area is 60.1 Å². The molecule has 50 valence electrons. The number of hydrogen-bond donors (Lipinski definition) is 2. The van der Waals surface area contributed by atoms with Gasteiger partial charge in [-0.05, 0) is 24.3 Å². The van der Waals surface area contributed by atoms with E-state index in [2.05, 4.69) is 11.4 Å². The van der Waals surface area contributed by atoms with Crippen molar-refractivity contribution in [3.63, 3.8) is 0 Å². The summed E-state index contributed by atoms with van der Waals surface area (Å²) in [6.45, 7) is 0. The molecular formula is C8H8N2. The second-order valence-corrected chi connectivity index (χ2v) is 1.89. The van der Waals surface area contributed by atoms with Crippen molar-refractivity contribution in [2.75, 3.05) is 11.1 Å². The van der Waals surface area contributed by atoms with E-state index in [0.29, 0.717) is 0 Å². The van der Waals surface area contributed by atoms with Crippen LogP contribution in [-0.2, 0) is 0 Å².